The summed E-state index contributed by atoms with van der Waals surface area (Å²) in [5.74, 6) is 1.13. The second-order valence-corrected chi connectivity index (χ2v) is 4.76. The lowest BCUT2D eigenvalue weighted by molar-refractivity contribution is 0.107. The summed E-state index contributed by atoms with van der Waals surface area (Å²) in [4.78, 5) is 8.38. The molecular formula is C11H16BrN3O2. The monoisotopic (exact) mass is 301 g/mol. The Balaban J connectivity index is 1.81. The lowest BCUT2D eigenvalue weighted by atomic mass is 10.2. The van der Waals surface area contributed by atoms with Gasteiger partial charge in [0, 0.05) is 13.2 Å². The van der Waals surface area contributed by atoms with Crippen molar-refractivity contribution in [2.24, 2.45) is 0 Å². The summed E-state index contributed by atoms with van der Waals surface area (Å²) < 4.78 is 11.4. The molecule has 1 aromatic rings. The molecule has 1 aliphatic rings. The molecule has 0 radical (unpaired) electrons. The number of halogens is 1. The fraction of sp³-hybridized carbons (Fsp3) is 0.636. The molecule has 17 heavy (non-hydrogen) atoms. The quantitative estimate of drug-likeness (QED) is 0.904. The number of ether oxygens (including phenoxy) is 2. The number of anilines is 1. The molecule has 94 valence electrons. The molecule has 2 heterocycles. The molecule has 0 aliphatic carbocycles. The smallest absolute Gasteiger partial charge is 0.232 e. The third kappa shape index (κ3) is 3.54. The first-order valence-corrected chi connectivity index (χ1v) is 6.51. The van der Waals surface area contributed by atoms with Gasteiger partial charge in [0.15, 0.2) is 0 Å². The van der Waals surface area contributed by atoms with Crippen LogP contribution in [0.1, 0.15) is 19.3 Å². The van der Waals surface area contributed by atoms with Gasteiger partial charge in [0.25, 0.3) is 0 Å². The molecular weight excluding hydrogens is 286 g/mol. The van der Waals surface area contributed by atoms with E-state index in [0.29, 0.717) is 17.9 Å². The molecule has 1 N–H and O–H groups in total. The summed E-state index contributed by atoms with van der Waals surface area (Å²) in [7, 11) is 1.59. The highest BCUT2D eigenvalue weighted by Crippen LogP contribution is 2.22. The first-order valence-electron chi connectivity index (χ1n) is 5.71. The van der Waals surface area contributed by atoms with Crippen LogP contribution in [0, 0.1) is 0 Å². The van der Waals surface area contributed by atoms with E-state index in [-0.39, 0.29) is 0 Å². The molecule has 0 spiro atoms. The number of methoxy groups -OCH3 is 1. The zero-order valence-corrected chi connectivity index (χ0v) is 11.4. The summed E-state index contributed by atoms with van der Waals surface area (Å²) in [6.45, 7) is 1.71. The zero-order valence-electron chi connectivity index (χ0n) is 9.78. The van der Waals surface area contributed by atoms with Gasteiger partial charge in [-0.05, 0) is 35.2 Å². The van der Waals surface area contributed by atoms with Gasteiger partial charge in [-0.3, -0.25) is 0 Å². The van der Waals surface area contributed by atoms with Gasteiger partial charge in [-0.1, -0.05) is 0 Å². The van der Waals surface area contributed by atoms with Crippen LogP contribution in [0.4, 0.5) is 5.95 Å². The Morgan fingerprint density at radius 3 is 3.24 bits per heavy atom. The number of nitrogens with one attached hydrogen (secondary N) is 1. The minimum absolute atomic E-state index is 0.389. The van der Waals surface area contributed by atoms with E-state index in [9.17, 15) is 0 Å². The summed E-state index contributed by atoms with van der Waals surface area (Å²) in [5.41, 5.74) is 0. The minimum atomic E-state index is 0.389. The van der Waals surface area contributed by atoms with E-state index in [1.165, 1.54) is 6.42 Å². The Morgan fingerprint density at radius 2 is 2.53 bits per heavy atom. The molecule has 1 aromatic heterocycles. The standard InChI is InChI=1S/C11H16BrN3O2/c1-16-10-9(12)7-14-11(15-10)13-5-4-8-3-2-6-17-8/h7-8H,2-6H2,1H3,(H,13,14,15). The number of hydrogen-bond acceptors (Lipinski definition) is 5. The summed E-state index contributed by atoms with van der Waals surface area (Å²) >= 11 is 3.31. The van der Waals surface area contributed by atoms with Crippen LogP contribution in [0.5, 0.6) is 5.88 Å². The molecule has 1 fully saturated rings. The third-order valence-corrected chi connectivity index (χ3v) is 3.22. The zero-order chi connectivity index (χ0) is 12.1. The minimum Gasteiger partial charge on any atom is -0.480 e. The third-order valence-electron chi connectivity index (χ3n) is 2.68. The summed E-state index contributed by atoms with van der Waals surface area (Å²) in [6, 6.07) is 0. The molecule has 1 aliphatic heterocycles. The van der Waals surface area contributed by atoms with Gasteiger partial charge in [0.05, 0.1) is 23.9 Å². The van der Waals surface area contributed by atoms with Crippen molar-refractivity contribution in [2.45, 2.75) is 25.4 Å². The van der Waals surface area contributed by atoms with E-state index in [0.717, 1.165) is 30.5 Å². The summed E-state index contributed by atoms with van der Waals surface area (Å²) in [6.07, 6.45) is 5.39. The molecule has 5 nitrogen and oxygen atoms in total. The van der Waals surface area contributed by atoms with Gasteiger partial charge in [0.2, 0.25) is 11.8 Å². The van der Waals surface area contributed by atoms with Crippen molar-refractivity contribution < 1.29 is 9.47 Å². The number of rotatable bonds is 5. The predicted molar refractivity (Wildman–Crippen MR) is 68.4 cm³/mol. The fourth-order valence-corrected chi connectivity index (χ4v) is 2.15. The van der Waals surface area contributed by atoms with Crippen LogP contribution in [-0.4, -0.2) is 36.3 Å². The average molecular weight is 302 g/mol. The van der Waals surface area contributed by atoms with Gasteiger partial charge in [-0.2, -0.15) is 4.98 Å². The maximum absolute atomic E-state index is 5.54. The van der Waals surface area contributed by atoms with Crippen LogP contribution in [0.25, 0.3) is 0 Å². The molecule has 0 bridgehead atoms. The van der Waals surface area contributed by atoms with E-state index in [2.05, 4.69) is 31.2 Å². The Morgan fingerprint density at radius 1 is 1.65 bits per heavy atom. The molecule has 6 heteroatoms. The maximum Gasteiger partial charge on any atom is 0.232 e. The van der Waals surface area contributed by atoms with Gasteiger partial charge < -0.3 is 14.8 Å². The number of hydrogen-bond donors (Lipinski definition) is 1. The maximum atomic E-state index is 5.54. The van der Waals surface area contributed by atoms with E-state index < -0.39 is 0 Å². The lowest BCUT2D eigenvalue weighted by Gasteiger charge is -2.10. The van der Waals surface area contributed by atoms with Crippen molar-refractivity contribution in [3.63, 3.8) is 0 Å². The van der Waals surface area contributed by atoms with Gasteiger partial charge >= 0.3 is 0 Å². The first kappa shape index (κ1) is 12.6. The predicted octanol–water partition coefficient (Wildman–Crippen LogP) is 2.23. The van der Waals surface area contributed by atoms with Crippen LogP contribution >= 0.6 is 15.9 Å². The van der Waals surface area contributed by atoms with Crippen LogP contribution in [0.15, 0.2) is 10.7 Å². The lowest BCUT2D eigenvalue weighted by Crippen LogP contribution is -2.13. The van der Waals surface area contributed by atoms with Crippen LogP contribution < -0.4 is 10.1 Å². The SMILES string of the molecule is COc1nc(NCCC2CCCO2)ncc1Br. The topological polar surface area (TPSA) is 56.3 Å². The average Bonchev–Trinajstić information content (AvgIpc) is 2.84. The highest BCUT2D eigenvalue weighted by atomic mass is 79.9. The molecule has 0 amide bonds. The van der Waals surface area contributed by atoms with Crippen molar-refractivity contribution in [3.05, 3.63) is 10.7 Å². The highest BCUT2D eigenvalue weighted by Gasteiger charge is 2.14. The first-order chi connectivity index (χ1) is 8.29. The molecule has 1 atom stereocenters. The van der Waals surface area contributed by atoms with Gasteiger partial charge in [0.1, 0.15) is 0 Å². The normalized spacial score (nSPS) is 19.3. The Bertz CT molecular complexity index is 370. The Kier molecular flexibility index (Phi) is 4.56. The molecule has 1 saturated heterocycles. The van der Waals surface area contributed by atoms with Crippen molar-refractivity contribution in [3.8, 4) is 5.88 Å². The van der Waals surface area contributed by atoms with Crippen molar-refractivity contribution >= 4 is 21.9 Å². The van der Waals surface area contributed by atoms with Crippen LogP contribution in [0.2, 0.25) is 0 Å². The van der Waals surface area contributed by atoms with Crippen LogP contribution in [0.3, 0.4) is 0 Å². The fourth-order valence-electron chi connectivity index (χ4n) is 1.80. The molecule has 1 unspecified atom stereocenters. The molecule has 0 saturated carbocycles. The number of nitrogens with zero attached hydrogens (tertiary/aromatic N) is 2. The van der Waals surface area contributed by atoms with E-state index in [1.807, 2.05) is 0 Å². The summed E-state index contributed by atoms with van der Waals surface area (Å²) in [5, 5.41) is 3.17. The van der Waals surface area contributed by atoms with E-state index in [4.69, 9.17) is 9.47 Å². The van der Waals surface area contributed by atoms with Crippen molar-refractivity contribution in [1.29, 1.82) is 0 Å². The highest BCUT2D eigenvalue weighted by molar-refractivity contribution is 9.10. The van der Waals surface area contributed by atoms with Crippen molar-refractivity contribution in [2.75, 3.05) is 25.6 Å². The van der Waals surface area contributed by atoms with Gasteiger partial charge in [-0.15, -0.1) is 0 Å². The largest absolute Gasteiger partial charge is 0.480 e. The number of aromatic nitrogens is 2. The van der Waals surface area contributed by atoms with Crippen LogP contribution in [-0.2, 0) is 4.74 Å². The second kappa shape index (κ2) is 6.16. The van der Waals surface area contributed by atoms with E-state index >= 15 is 0 Å². The molecule has 0 aromatic carbocycles. The molecule has 2 rings (SSSR count). The van der Waals surface area contributed by atoms with E-state index in [1.54, 1.807) is 13.3 Å². The Labute approximate surface area is 109 Å². The second-order valence-electron chi connectivity index (χ2n) is 3.90. The van der Waals surface area contributed by atoms with Crippen molar-refractivity contribution in [1.82, 2.24) is 9.97 Å². The Hall–Kier alpha value is -0.880. The van der Waals surface area contributed by atoms with Gasteiger partial charge in [-0.25, -0.2) is 4.98 Å².